The zero-order valence-electron chi connectivity index (χ0n) is 10.1. The molecule has 0 bridgehead atoms. The number of halogens is 1. The van der Waals surface area contributed by atoms with Gasteiger partial charge in [0, 0.05) is 6.20 Å². The second kappa shape index (κ2) is 6.32. The number of rotatable bonds is 5. The largest absolute Gasteiger partial charge is 0.480 e. The Bertz CT molecular complexity index is 436. The Hall–Kier alpha value is -1.66. The first-order valence-corrected chi connectivity index (χ1v) is 5.62. The molecule has 0 aliphatic carbocycles. The minimum Gasteiger partial charge on any atom is -0.480 e. The van der Waals surface area contributed by atoms with Gasteiger partial charge < -0.3 is 10.4 Å². The summed E-state index contributed by atoms with van der Waals surface area (Å²) < 4.78 is 0. The molecule has 1 aromatic heterocycles. The van der Waals surface area contributed by atoms with Crippen LogP contribution in [-0.4, -0.2) is 46.5 Å². The summed E-state index contributed by atoms with van der Waals surface area (Å²) in [6, 6.07) is 2.45. The maximum Gasteiger partial charge on any atom is 0.320 e. The van der Waals surface area contributed by atoms with Crippen molar-refractivity contribution < 1.29 is 14.7 Å². The summed E-state index contributed by atoms with van der Waals surface area (Å²) in [6.45, 7) is 1.48. The normalized spacial score (nSPS) is 12.2. The lowest BCUT2D eigenvalue weighted by atomic mass is 10.3. The van der Waals surface area contributed by atoms with Gasteiger partial charge in [0.2, 0.25) is 5.91 Å². The maximum absolute atomic E-state index is 11.6. The average molecular weight is 272 g/mol. The summed E-state index contributed by atoms with van der Waals surface area (Å²) in [6.07, 6.45) is 1.42. The molecule has 2 N–H and O–H groups in total. The fourth-order valence-electron chi connectivity index (χ4n) is 1.18. The summed E-state index contributed by atoms with van der Waals surface area (Å²) in [5.74, 6) is -0.934. The molecule has 0 saturated heterocycles. The molecular formula is C11H14ClN3O3. The van der Waals surface area contributed by atoms with Gasteiger partial charge in [-0.05, 0) is 26.1 Å². The van der Waals surface area contributed by atoms with Crippen LogP contribution >= 0.6 is 11.6 Å². The van der Waals surface area contributed by atoms with E-state index in [-0.39, 0.29) is 12.5 Å². The van der Waals surface area contributed by atoms with E-state index < -0.39 is 12.0 Å². The van der Waals surface area contributed by atoms with Crippen LogP contribution in [-0.2, 0) is 9.59 Å². The highest BCUT2D eigenvalue weighted by Crippen LogP contribution is 2.09. The minimum atomic E-state index is -0.977. The van der Waals surface area contributed by atoms with E-state index in [2.05, 4.69) is 10.3 Å². The second-order valence-corrected chi connectivity index (χ2v) is 4.28. The minimum absolute atomic E-state index is 0.0300. The van der Waals surface area contributed by atoms with Crippen LogP contribution < -0.4 is 5.32 Å². The van der Waals surface area contributed by atoms with Crippen molar-refractivity contribution in [2.24, 2.45) is 0 Å². The first-order valence-electron chi connectivity index (χ1n) is 5.24. The number of anilines is 1. The van der Waals surface area contributed by atoms with Crippen molar-refractivity contribution in [3.05, 3.63) is 23.4 Å². The molecule has 1 amide bonds. The van der Waals surface area contributed by atoms with E-state index >= 15 is 0 Å². The molecule has 0 fully saturated rings. The number of nitrogens with zero attached hydrogens (tertiary/aromatic N) is 2. The van der Waals surface area contributed by atoms with Crippen molar-refractivity contribution in [3.8, 4) is 0 Å². The summed E-state index contributed by atoms with van der Waals surface area (Å²) in [5, 5.41) is 11.8. The number of carboxylic acid groups (broad SMARTS) is 1. The van der Waals surface area contributed by atoms with Crippen LogP contribution in [0.4, 0.5) is 5.82 Å². The van der Waals surface area contributed by atoms with E-state index in [1.54, 1.807) is 19.2 Å². The lowest BCUT2D eigenvalue weighted by molar-refractivity contribution is -0.142. The Labute approximate surface area is 110 Å². The van der Waals surface area contributed by atoms with E-state index in [1.807, 2.05) is 0 Å². The number of aliphatic carboxylic acids is 1. The second-order valence-electron chi connectivity index (χ2n) is 3.84. The number of likely N-dealkylation sites (N-methyl/N-ethyl adjacent to an activating group) is 1. The standard InChI is InChI=1S/C11H14ClN3O3/c1-7(11(17)18)15(2)6-10(16)14-9-4-3-8(12)5-13-9/h3-5,7H,6H2,1-2H3,(H,17,18)(H,13,14,16). The number of aromatic nitrogens is 1. The molecule has 6 nitrogen and oxygen atoms in total. The summed E-state index contributed by atoms with van der Waals surface area (Å²) in [7, 11) is 1.56. The van der Waals surface area contributed by atoms with Gasteiger partial charge >= 0.3 is 5.97 Å². The van der Waals surface area contributed by atoms with Gasteiger partial charge in [-0.1, -0.05) is 11.6 Å². The summed E-state index contributed by atoms with van der Waals surface area (Å²) >= 11 is 5.66. The number of carboxylic acids is 1. The molecular weight excluding hydrogens is 258 g/mol. The summed E-state index contributed by atoms with van der Waals surface area (Å²) in [4.78, 5) is 27.7. The molecule has 1 heterocycles. The number of carbonyl (C=O) groups is 2. The van der Waals surface area contributed by atoms with E-state index in [9.17, 15) is 9.59 Å². The molecule has 1 rings (SSSR count). The van der Waals surface area contributed by atoms with Crippen molar-refractivity contribution >= 4 is 29.3 Å². The van der Waals surface area contributed by atoms with Crippen molar-refractivity contribution in [3.63, 3.8) is 0 Å². The summed E-state index contributed by atoms with van der Waals surface area (Å²) in [5.41, 5.74) is 0. The highest BCUT2D eigenvalue weighted by atomic mass is 35.5. The molecule has 0 aromatic carbocycles. The third-order valence-corrected chi connectivity index (χ3v) is 2.63. The van der Waals surface area contributed by atoms with Crippen LogP contribution in [0.1, 0.15) is 6.92 Å². The van der Waals surface area contributed by atoms with Gasteiger partial charge in [-0.15, -0.1) is 0 Å². The van der Waals surface area contributed by atoms with E-state index in [1.165, 1.54) is 18.0 Å². The fourth-order valence-corrected chi connectivity index (χ4v) is 1.30. The highest BCUT2D eigenvalue weighted by molar-refractivity contribution is 6.30. The molecule has 1 unspecified atom stereocenters. The Kier molecular flexibility index (Phi) is 5.06. The highest BCUT2D eigenvalue weighted by Gasteiger charge is 2.19. The van der Waals surface area contributed by atoms with Crippen molar-refractivity contribution in [2.75, 3.05) is 18.9 Å². The van der Waals surface area contributed by atoms with E-state index in [4.69, 9.17) is 16.7 Å². The van der Waals surface area contributed by atoms with Gasteiger partial charge in [-0.3, -0.25) is 14.5 Å². The molecule has 0 radical (unpaired) electrons. The molecule has 7 heteroatoms. The van der Waals surface area contributed by atoms with Crippen LogP contribution in [0.25, 0.3) is 0 Å². The fraction of sp³-hybridized carbons (Fsp3) is 0.364. The molecule has 0 aliphatic rings. The average Bonchev–Trinajstić information content (AvgIpc) is 2.30. The zero-order valence-corrected chi connectivity index (χ0v) is 10.8. The Balaban J connectivity index is 2.51. The number of pyridine rings is 1. The first kappa shape index (κ1) is 14.4. The van der Waals surface area contributed by atoms with Gasteiger partial charge in [-0.2, -0.15) is 0 Å². The molecule has 1 aromatic rings. The van der Waals surface area contributed by atoms with E-state index in [0.717, 1.165) is 0 Å². The number of hydrogen-bond donors (Lipinski definition) is 2. The third-order valence-electron chi connectivity index (χ3n) is 2.41. The van der Waals surface area contributed by atoms with Gasteiger partial charge in [-0.25, -0.2) is 4.98 Å². The molecule has 0 aliphatic heterocycles. The lowest BCUT2D eigenvalue weighted by Crippen LogP contribution is -2.40. The van der Waals surface area contributed by atoms with Crippen LogP contribution in [0.5, 0.6) is 0 Å². The van der Waals surface area contributed by atoms with Gasteiger partial charge in [0.1, 0.15) is 11.9 Å². The Morgan fingerprint density at radius 1 is 1.56 bits per heavy atom. The molecule has 1 atom stereocenters. The number of nitrogens with one attached hydrogen (secondary N) is 1. The smallest absolute Gasteiger partial charge is 0.320 e. The third kappa shape index (κ3) is 4.31. The van der Waals surface area contributed by atoms with Crippen LogP contribution in [0.15, 0.2) is 18.3 Å². The van der Waals surface area contributed by atoms with E-state index in [0.29, 0.717) is 10.8 Å². The molecule has 18 heavy (non-hydrogen) atoms. The van der Waals surface area contributed by atoms with Gasteiger partial charge in [0.05, 0.1) is 11.6 Å². The Morgan fingerprint density at radius 3 is 2.72 bits per heavy atom. The van der Waals surface area contributed by atoms with Crippen molar-refractivity contribution in [2.45, 2.75) is 13.0 Å². The first-order chi connectivity index (χ1) is 8.40. The number of amides is 1. The monoisotopic (exact) mass is 271 g/mol. The van der Waals surface area contributed by atoms with Crippen LogP contribution in [0.3, 0.4) is 0 Å². The number of carbonyl (C=O) groups excluding carboxylic acids is 1. The number of hydrogen-bond acceptors (Lipinski definition) is 4. The molecule has 0 spiro atoms. The Morgan fingerprint density at radius 2 is 2.22 bits per heavy atom. The molecule has 0 saturated carbocycles. The van der Waals surface area contributed by atoms with Crippen molar-refractivity contribution in [1.82, 2.24) is 9.88 Å². The predicted octanol–water partition coefficient (Wildman–Crippen LogP) is 1.08. The molecule has 98 valence electrons. The SMILES string of the molecule is CC(C(=O)O)N(C)CC(=O)Nc1ccc(Cl)cn1. The lowest BCUT2D eigenvalue weighted by Gasteiger charge is -2.20. The topological polar surface area (TPSA) is 82.5 Å². The zero-order chi connectivity index (χ0) is 13.7. The maximum atomic E-state index is 11.6. The van der Waals surface area contributed by atoms with Gasteiger partial charge in [0.15, 0.2) is 0 Å². The van der Waals surface area contributed by atoms with Crippen molar-refractivity contribution in [1.29, 1.82) is 0 Å². The van der Waals surface area contributed by atoms with Gasteiger partial charge in [0.25, 0.3) is 0 Å². The van der Waals surface area contributed by atoms with Crippen LogP contribution in [0, 0.1) is 0 Å². The quantitative estimate of drug-likeness (QED) is 0.837. The predicted molar refractivity (Wildman–Crippen MR) is 67.6 cm³/mol. The van der Waals surface area contributed by atoms with Crippen LogP contribution in [0.2, 0.25) is 5.02 Å².